The molecule has 3 aromatic rings. The van der Waals surface area contributed by atoms with Gasteiger partial charge in [-0.1, -0.05) is 50.2 Å². The Morgan fingerprint density at radius 3 is 2.52 bits per heavy atom. The molecule has 0 amide bonds. The van der Waals surface area contributed by atoms with E-state index in [1.807, 2.05) is 79.1 Å². The molecule has 4 heteroatoms. The van der Waals surface area contributed by atoms with Gasteiger partial charge in [-0.3, -0.25) is 4.79 Å². The number of Topliss-reactive ketones (excluding diaryl/α,β-unsaturated/α-hetero) is 1. The van der Waals surface area contributed by atoms with Gasteiger partial charge in [-0.15, -0.1) is 0 Å². The van der Waals surface area contributed by atoms with E-state index in [2.05, 4.69) is 0 Å². The zero-order chi connectivity index (χ0) is 19.2. The molecule has 1 N–H and O–H groups in total. The van der Waals surface area contributed by atoms with Gasteiger partial charge in [-0.2, -0.15) is 0 Å². The van der Waals surface area contributed by atoms with E-state index in [1.165, 1.54) is 0 Å². The molecule has 1 heterocycles. The summed E-state index contributed by atoms with van der Waals surface area (Å²) in [4.78, 5) is 12.8. The van der Waals surface area contributed by atoms with Crippen LogP contribution in [0.4, 0.5) is 0 Å². The van der Waals surface area contributed by atoms with Crippen LogP contribution >= 0.6 is 0 Å². The van der Waals surface area contributed by atoms with Crippen molar-refractivity contribution in [3.63, 3.8) is 0 Å². The van der Waals surface area contributed by atoms with Gasteiger partial charge in [-0.25, -0.2) is 0 Å². The van der Waals surface area contributed by atoms with Crippen LogP contribution in [0.25, 0.3) is 16.9 Å². The highest BCUT2D eigenvalue weighted by Crippen LogP contribution is 2.46. The average Bonchev–Trinajstić information content (AvgIpc) is 3.08. The lowest BCUT2D eigenvalue weighted by atomic mass is 9.74. The van der Waals surface area contributed by atoms with Crippen LogP contribution < -0.4 is 4.74 Å². The fourth-order valence-corrected chi connectivity index (χ4v) is 3.84. The van der Waals surface area contributed by atoms with E-state index in [0.717, 1.165) is 22.7 Å². The Bertz CT molecular complexity index is 1000. The summed E-state index contributed by atoms with van der Waals surface area (Å²) in [7, 11) is 1.63. The summed E-state index contributed by atoms with van der Waals surface area (Å²) in [6.07, 6.45) is -0.411. The molecule has 0 spiro atoms. The van der Waals surface area contributed by atoms with E-state index < -0.39 is 11.5 Å². The van der Waals surface area contributed by atoms with Crippen molar-refractivity contribution in [3.05, 3.63) is 71.9 Å². The van der Waals surface area contributed by atoms with Crippen LogP contribution in [0.1, 0.15) is 42.4 Å². The minimum Gasteiger partial charge on any atom is -0.497 e. The molecule has 1 aliphatic rings. The van der Waals surface area contributed by atoms with Crippen LogP contribution in [0.15, 0.2) is 60.7 Å². The number of benzene rings is 2. The normalized spacial score (nSPS) is 18.2. The zero-order valence-electron chi connectivity index (χ0n) is 15.8. The number of hydrogen-bond acceptors (Lipinski definition) is 3. The second-order valence-electron chi connectivity index (χ2n) is 7.72. The molecule has 0 aliphatic heterocycles. The Balaban J connectivity index is 2.04. The van der Waals surface area contributed by atoms with Gasteiger partial charge in [0.1, 0.15) is 11.9 Å². The number of carbonyl (C=O) groups is 1. The molecule has 1 unspecified atom stereocenters. The van der Waals surface area contributed by atoms with Crippen LogP contribution in [-0.2, 0) is 0 Å². The molecule has 0 saturated heterocycles. The zero-order valence-corrected chi connectivity index (χ0v) is 15.8. The third-order valence-electron chi connectivity index (χ3n) is 5.34. The molecular weight excluding hydrogens is 338 g/mol. The Labute approximate surface area is 159 Å². The summed E-state index contributed by atoms with van der Waals surface area (Å²) in [5, 5.41) is 11.1. The van der Waals surface area contributed by atoms with Crippen LogP contribution in [0.2, 0.25) is 0 Å². The predicted molar refractivity (Wildman–Crippen MR) is 105 cm³/mol. The maximum absolute atomic E-state index is 12.8. The SMILES string of the molecule is COc1cccc(-n2c(-c3ccccc3)cc3c2C(O)C(C)(C)CC3=O)c1. The lowest BCUT2D eigenvalue weighted by Crippen LogP contribution is -2.32. The summed E-state index contributed by atoms with van der Waals surface area (Å²) in [5.74, 6) is 0.795. The number of aliphatic hydroxyl groups is 1. The molecular formula is C23H23NO3. The van der Waals surface area contributed by atoms with Gasteiger partial charge in [0.15, 0.2) is 5.78 Å². The Kier molecular flexibility index (Phi) is 4.16. The monoisotopic (exact) mass is 361 g/mol. The highest BCUT2D eigenvalue weighted by Gasteiger charge is 2.42. The van der Waals surface area contributed by atoms with Gasteiger partial charge in [0.05, 0.1) is 18.5 Å². The number of fused-ring (bicyclic) bond motifs is 1. The van der Waals surface area contributed by atoms with Crippen molar-refractivity contribution >= 4 is 5.78 Å². The van der Waals surface area contributed by atoms with Crippen molar-refractivity contribution in [1.29, 1.82) is 0 Å². The van der Waals surface area contributed by atoms with Gasteiger partial charge < -0.3 is 14.4 Å². The lowest BCUT2D eigenvalue weighted by Gasteiger charge is -2.35. The van der Waals surface area contributed by atoms with Crippen LogP contribution in [0.5, 0.6) is 5.75 Å². The molecule has 1 aliphatic carbocycles. The number of nitrogens with zero attached hydrogens (tertiary/aromatic N) is 1. The van der Waals surface area contributed by atoms with E-state index in [9.17, 15) is 9.90 Å². The fraction of sp³-hybridized carbons (Fsp3) is 0.261. The first-order chi connectivity index (χ1) is 12.9. The van der Waals surface area contributed by atoms with Crippen molar-refractivity contribution < 1.29 is 14.6 Å². The molecule has 2 aromatic carbocycles. The quantitative estimate of drug-likeness (QED) is 0.729. The molecule has 4 nitrogen and oxygen atoms in total. The van der Waals surface area contributed by atoms with Gasteiger partial charge in [-0.05, 0) is 23.8 Å². The number of aromatic nitrogens is 1. The number of ketones is 1. The molecule has 138 valence electrons. The summed E-state index contributed by atoms with van der Waals surface area (Å²) in [6, 6.07) is 19.5. The van der Waals surface area contributed by atoms with E-state index in [0.29, 0.717) is 17.7 Å². The maximum atomic E-state index is 12.8. The van der Waals surface area contributed by atoms with Crippen LogP contribution in [0, 0.1) is 5.41 Å². The van der Waals surface area contributed by atoms with E-state index in [4.69, 9.17) is 4.74 Å². The van der Waals surface area contributed by atoms with Crippen molar-refractivity contribution in [2.75, 3.05) is 7.11 Å². The Morgan fingerprint density at radius 1 is 1.07 bits per heavy atom. The fourth-order valence-electron chi connectivity index (χ4n) is 3.84. The van der Waals surface area contributed by atoms with Crippen molar-refractivity contribution in [1.82, 2.24) is 4.57 Å². The molecule has 1 aromatic heterocycles. The molecule has 27 heavy (non-hydrogen) atoms. The highest BCUT2D eigenvalue weighted by molar-refractivity contribution is 6.00. The summed E-state index contributed by atoms with van der Waals surface area (Å²) < 4.78 is 7.39. The first kappa shape index (κ1) is 17.6. The molecule has 1 atom stereocenters. The summed E-state index contributed by atoms with van der Waals surface area (Å²) in [6.45, 7) is 3.87. The van der Waals surface area contributed by atoms with Gasteiger partial charge in [0.25, 0.3) is 0 Å². The minimum absolute atomic E-state index is 0.0686. The number of carbonyl (C=O) groups excluding carboxylic acids is 1. The second-order valence-corrected chi connectivity index (χ2v) is 7.72. The largest absolute Gasteiger partial charge is 0.497 e. The molecule has 0 radical (unpaired) electrons. The van der Waals surface area contributed by atoms with Gasteiger partial charge >= 0.3 is 0 Å². The van der Waals surface area contributed by atoms with Crippen LogP contribution in [0.3, 0.4) is 0 Å². The molecule has 0 saturated carbocycles. The van der Waals surface area contributed by atoms with Crippen molar-refractivity contribution in [2.45, 2.75) is 26.4 Å². The van der Waals surface area contributed by atoms with Gasteiger partial charge in [0, 0.05) is 29.2 Å². The number of rotatable bonds is 3. The Hall–Kier alpha value is -2.85. The second kappa shape index (κ2) is 6.39. The lowest BCUT2D eigenvalue weighted by molar-refractivity contribution is 0.0281. The van der Waals surface area contributed by atoms with E-state index in [1.54, 1.807) is 7.11 Å². The summed E-state index contributed by atoms with van der Waals surface area (Å²) in [5.41, 5.74) is 3.48. The number of aliphatic hydroxyl groups excluding tert-OH is 1. The first-order valence-corrected chi connectivity index (χ1v) is 9.09. The van der Waals surface area contributed by atoms with Crippen molar-refractivity contribution in [3.8, 4) is 22.7 Å². The maximum Gasteiger partial charge on any atom is 0.165 e. The standard InChI is InChI=1S/C23H23NO3/c1-23(2)14-20(25)18-13-19(15-8-5-4-6-9-15)24(21(18)22(23)26)16-10-7-11-17(12-16)27-3/h4-13,22,26H,14H2,1-3H3. The van der Waals surface area contributed by atoms with Crippen molar-refractivity contribution in [2.24, 2.45) is 5.41 Å². The third kappa shape index (κ3) is 2.86. The highest BCUT2D eigenvalue weighted by atomic mass is 16.5. The third-order valence-corrected chi connectivity index (χ3v) is 5.34. The number of methoxy groups -OCH3 is 1. The minimum atomic E-state index is -0.742. The van der Waals surface area contributed by atoms with Crippen LogP contribution in [-0.4, -0.2) is 22.6 Å². The predicted octanol–water partition coefficient (Wildman–Crippen LogP) is 4.80. The number of hydrogen-bond donors (Lipinski definition) is 1. The van der Waals surface area contributed by atoms with Gasteiger partial charge in [0.2, 0.25) is 0 Å². The average molecular weight is 361 g/mol. The molecule has 0 bridgehead atoms. The number of ether oxygens (including phenoxy) is 1. The molecule has 4 rings (SSSR count). The summed E-state index contributed by atoms with van der Waals surface area (Å²) >= 11 is 0. The first-order valence-electron chi connectivity index (χ1n) is 9.09. The van der Waals surface area contributed by atoms with E-state index >= 15 is 0 Å². The topological polar surface area (TPSA) is 51.5 Å². The molecule has 0 fully saturated rings. The van der Waals surface area contributed by atoms with E-state index in [-0.39, 0.29) is 5.78 Å². The smallest absolute Gasteiger partial charge is 0.165 e. The Morgan fingerprint density at radius 2 is 1.81 bits per heavy atom.